The highest BCUT2D eigenvalue weighted by Gasteiger charge is 2.36. The number of furan rings is 1. The predicted octanol–water partition coefficient (Wildman–Crippen LogP) is 6.57. The third-order valence-electron chi connectivity index (χ3n) is 5.82. The molecule has 5 rings (SSSR count). The summed E-state index contributed by atoms with van der Waals surface area (Å²) in [5, 5.41) is 0.0000467. The fourth-order valence-electron chi connectivity index (χ4n) is 4.18. The third kappa shape index (κ3) is 4.00. The fourth-order valence-corrected chi connectivity index (χ4v) is 4.80. The topological polar surface area (TPSA) is 33.7 Å². The summed E-state index contributed by atoms with van der Waals surface area (Å²) in [6.07, 6.45) is 0.299. The van der Waals surface area contributed by atoms with E-state index >= 15 is 0 Å². The smallest absolute Gasteiger partial charge is 0.420 e. The molecule has 1 atom stereocenters. The monoisotopic (exact) mass is 493 g/mol. The lowest BCUT2D eigenvalue weighted by molar-refractivity contribution is -0.136. The molecule has 0 radical (unpaired) electrons. The molecule has 0 saturated carbocycles. The van der Waals surface area contributed by atoms with Crippen LogP contribution in [0.15, 0.2) is 59.5 Å². The summed E-state index contributed by atoms with van der Waals surface area (Å²) in [5.74, 6) is -0.266. The lowest BCUT2D eigenvalue weighted by Gasteiger charge is -2.18. The number of hydrogen-bond acceptors (Lipinski definition) is 3. The van der Waals surface area contributed by atoms with Gasteiger partial charge in [-0.2, -0.15) is 13.2 Å². The number of rotatable bonds is 3. The predicted molar refractivity (Wildman–Crippen MR) is 120 cm³/mol. The van der Waals surface area contributed by atoms with E-state index in [4.69, 9.17) is 28.2 Å². The van der Waals surface area contributed by atoms with Gasteiger partial charge in [0.05, 0.1) is 18.1 Å². The van der Waals surface area contributed by atoms with Crippen LogP contribution < -0.4 is 0 Å². The van der Waals surface area contributed by atoms with Gasteiger partial charge in [-0.3, -0.25) is 4.40 Å². The molecule has 10 heteroatoms. The van der Waals surface area contributed by atoms with Crippen molar-refractivity contribution >= 4 is 34.5 Å². The molecule has 1 aromatic carbocycles. The molecule has 0 N–H and O–H groups in total. The van der Waals surface area contributed by atoms with E-state index in [1.807, 2.05) is 11.0 Å². The molecule has 0 spiro atoms. The van der Waals surface area contributed by atoms with Crippen LogP contribution in [0.2, 0.25) is 5.15 Å². The van der Waals surface area contributed by atoms with Crippen molar-refractivity contribution in [2.75, 3.05) is 13.1 Å². The molecule has 1 fully saturated rings. The van der Waals surface area contributed by atoms with E-state index in [1.54, 1.807) is 12.1 Å². The molecule has 4 heterocycles. The third-order valence-corrected chi connectivity index (χ3v) is 6.63. The molecule has 33 heavy (non-hydrogen) atoms. The number of hydrogen-bond donors (Lipinski definition) is 0. The van der Waals surface area contributed by atoms with Gasteiger partial charge < -0.3 is 9.32 Å². The molecule has 3 aromatic heterocycles. The van der Waals surface area contributed by atoms with Crippen LogP contribution in [0.4, 0.5) is 17.6 Å². The first kappa shape index (κ1) is 21.9. The number of pyridine rings is 1. The largest absolute Gasteiger partial charge is 0.472 e. The van der Waals surface area contributed by atoms with E-state index in [1.165, 1.54) is 35.3 Å². The van der Waals surface area contributed by atoms with Gasteiger partial charge in [-0.05, 0) is 36.2 Å². The van der Waals surface area contributed by atoms with E-state index in [2.05, 4.69) is 4.98 Å². The second-order valence-electron chi connectivity index (χ2n) is 7.89. The van der Waals surface area contributed by atoms with Crippen LogP contribution in [0.25, 0.3) is 16.8 Å². The summed E-state index contributed by atoms with van der Waals surface area (Å²) in [5.41, 5.74) is 0.488. The Hall–Kier alpha value is -2.91. The Bertz CT molecular complexity index is 1350. The summed E-state index contributed by atoms with van der Waals surface area (Å²) in [4.78, 5) is 6.32. The Kier molecular flexibility index (Phi) is 5.41. The van der Waals surface area contributed by atoms with Crippen molar-refractivity contribution in [3.8, 4) is 11.1 Å². The second kappa shape index (κ2) is 8.14. The minimum Gasteiger partial charge on any atom is -0.472 e. The van der Waals surface area contributed by atoms with Crippen molar-refractivity contribution in [2.24, 2.45) is 0 Å². The van der Waals surface area contributed by atoms with Crippen molar-refractivity contribution in [2.45, 2.75) is 18.5 Å². The molecule has 4 aromatic rings. The van der Waals surface area contributed by atoms with Crippen molar-refractivity contribution in [1.82, 2.24) is 14.3 Å². The van der Waals surface area contributed by atoms with Gasteiger partial charge in [0.2, 0.25) is 0 Å². The zero-order valence-corrected chi connectivity index (χ0v) is 18.5. The van der Waals surface area contributed by atoms with Crippen LogP contribution in [0.5, 0.6) is 0 Å². The van der Waals surface area contributed by atoms with Crippen LogP contribution in [-0.2, 0) is 6.18 Å². The quantitative estimate of drug-likeness (QED) is 0.239. The van der Waals surface area contributed by atoms with Crippen LogP contribution >= 0.6 is 23.8 Å². The van der Waals surface area contributed by atoms with Crippen LogP contribution in [0.1, 0.15) is 29.2 Å². The number of alkyl halides is 3. The summed E-state index contributed by atoms with van der Waals surface area (Å²) in [7, 11) is 0. The molecular formula is C23H16ClF4N3OS. The van der Waals surface area contributed by atoms with Gasteiger partial charge in [0.25, 0.3) is 0 Å². The summed E-state index contributed by atoms with van der Waals surface area (Å²) in [6.45, 7) is 1.06. The number of thiocarbonyl (C=S) groups is 1. The van der Waals surface area contributed by atoms with Gasteiger partial charge in [0, 0.05) is 36.3 Å². The lowest BCUT2D eigenvalue weighted by Crippen LogP contribution is -2.28. The number of benzene rings is 1. The van der Waals surface area contributed by atoms with E-state index in [0.717, 1.165) is 18.1 Å². The van der Waals surface area contributed by atoms with Crippen LogP contribution in [0, 0.1) is 5.82 Å². The lowest BCUT2D eigenvalue weighted by atomic mass is 9.98. The zero-order valence-electron chi connectivity index (χ0n) is 16.9. The molecule has 1 aliphatic heterocycles. The van der Waals surface area contributed by atoms with Gasteiger partial charge in [-0.15, -0.1) is 0 Å². The Morgan fingerprint density at radius 2 is 2.00 bits per heavy atom. The summed E-state index contributed by atoms with van der Waals surface area (Å²) >= 11 is 12.1. The number of halogens is 5. The Balaban J connectivity index is 1.52. The van der Waals surface area contributed by atoms with Crippen LogP contribution in [-0.4, -0.2) is 32.4 Å². The minimum absolute atomic E-state index is 0.0000467. The summed E-state index contributed by atoms with van der Waals surface area (Å²) in [6, 6.07) is 8.96. The average Bonchev–Trinajstić information content (AvgIpc) is 3.53. The number of aromatic nitrogens is 2. The molecule has 1 saturated heterocycles. The first-order valence-corrected chi connectivity index (χ1v) is 10.9. The van der Waals surface area contributed by atoms with E-state index in [9.17, 15) is 17.6 Å². The normalized spacial score (nSPS) is 16.6. The average molecular weight is 494 g/mol. The van der Waals surface area contributed by atoms with Gasteiger partial charge in [0.15, 0.2) is 5.65 Å². The maximum absolute atomic E-state index is 13.9. The van der Waals surface area contributed by atoms with Crippen molar-refractivity contribution in [3.63, 3.8) is 0 Å². The molecule has 4 nitrogen and oxygen atoms in total. The van der Waals surface area contributed by atoms with E-state index in [-0.39, 0.29) is 38.8 Å². The van der Waals surface area contributed by atoms with Crippen LogP contribution in [0.3, 0.4) is 0 Å². The summed E-state index contributed by atoms with van der Waals surface area (Å²) < 4.78 is 61.4. The maximum atomic E-state index is 13.9. The molecule has 0 bridgehead atoms. The molecule has 0 aliphatic carbocycles. The number of fused-ring (bicyclic) bond motifs is 1. The van der Waals surface area contributed by atoms with E-state index in [0.29, 0.717) is 18.7 Å². The van der Waals surface area contributed by atoms with Gasteiger partial charge in [-0.1, -0.05) is 36.0 Å². The van der Waals surface area contributed by atoms with Crippen molar-refractivity contribution in [3.05, 3.63) is 82.9 Å². The van der Waals surface area contributed by atoms with Gasteiger partial charge >= 0.3 is 6.18 Å². The van der Waals surface area contributed by atoms with Gasteiger partial charge in [0.1, 0.15) is 21.7 Å². The standard InChI is InChI=1S/C23H16ClF4N3OS/c24-20-19(22(33)30-6-4-14(10-30)13-2-1-3-17(25)8-13)29-21-18(23(26,27)28)9-16(11-31(20)21)15-5-7-32-12-15/h1-3,5,7-9,11-12,14H,4,6,10H2. The second-order valence-corrected chi connectivity index (χ2v) is 8.63. The highest BCUT2D eigenvalue weighted by Crippen LogP contribution is 2.38. The van der Waals surface area contributed by atoms with Crippen molar-refractivity contribution in [1.29, 1.82) is 0 Å². The number of nitrogens with zero attached hydrogens (tertiary/aromatic N) is 3. The first-order chi connectivity index (χ1) is 15.7. The Morgan fingerprint density at radius 1 is 1.18 bits per heavy atom. The Labute approximate surface area is 196 Å². The molecule has 1 aliphatic rings. The molecule has 0 amide bonds. The maximum Gasteiger partial charge on any atom is 0.420 e. The Morgan fingerprint density at radius 3 is 2.70 bits per heavy atom. The van der Waals surface area contributed by atoms with Crippen molar-refractivity contribution < 1.29 is 22.0 Å². The molecule has 1 unspecified atom stereocenters. The minimum atomic E-state index is -4.65. The zero-order chi connectivity index (χ0) is 23.3. The van der Waals surface area contributed by atoms with Gasteiger partial charge in [-0.25, -0.2) is 9.37 Å². The molecule has 170 valence electrons. The fraction of sp³-hybridized carbons (Fsp3) is 0.217. The highest BCUT2D eigenvalue weighted by atomic mass is 35.5. The van der Waals surface area contributed by atoms with E-state index < -0.39 is 11.7 Å². The SMILES string of the molecule is Fc1cccc(C2CCN(C(=S)c3nc4c(C(F)(F)F)cc(-c5ccoc5)cn4c3Cl)C2)c1. The first-order valence-electron chi connectivity index (χ1n) is 10.1. The molecular weight excluding hydrogens is 478 g/mol. The highest BCUT2D eigenvalue weighted by molar-refractivity contribution is 7.80. The number of imidazole rings is 1. The number of likely N-dealkylation sites (tertiary alicyclic amines) is 1.